The minimum absolute atomic E-state index is 0.220. The summed E-state index contributed by atoms with van der Waals surface area (Å²) in [5.41, 5.74) is 2.56. The van der Waals surface area contributed by atoms with E-state index >= 15 is 0 Å². The van der Waals surface area contributed by atoms with Gasteiger partial charge in [0.1, 0.15) is 0 Å². The number of nitrogens with one attached hydrogen (secondary N) is 1. The molecule has 0 aliphatic heterocycles. The van der Waals surface area contributed by atoms with Crippen molar-refractivity contribution in [3.63, 3.8) is 0 Å². The topological polar surface area (TPSA) is 21.3 Å². The molecule has 0 unspecified atom stereocenters. The maximum absolute atomic E-state index is 11.7. The molecule has 0 fully saturated rings. The molecule has 0 spiro atoms. The van der Waals surface area contributed by atoms with Gasteiger partial charge in [0.25, 0.3) is 0 Å². The van der Waals surface area contributed by atoms with Crippen LogP contribution in [0.2, 0.25) is 0 Å². The van der Waals surface area contributed by atoms with E-state index in [4.69, 9.17) is 0 Å². The molecule has 0 radical (unpaired) electrons. The summed E-state index contributed by atoms with van der Waals surface area (Å²) < 4.78 is 38.9. The van der Waals surface area contributed by atoms with E-state index in [1.54, 1.807) is 0 Å². The standard InChI is InChI=1S/C12H14F3NO/c13-12(14,15)17-6-5-16-11-7-9-3-1-2-4-10(9)8-11/h1-4,11,16H,5-8H2. The number of benzene rings is 1. The van der Waals surface area contributed by atoms with Crippen LogP contribution in [0, 0.1) is 0 Å². The van der Waals surface area contributed by atoms with Crippen LogP contribution in [0.3, 0.4) is 0 Å². The first kappa shape index (κ1) is 12.4. The Hall–Kier alpha value is -1.07. The molecule has 2 rings (SSSR count). The summed E-state index contributed by atoms with van der Waals surface area (Å²) >= 11 is 0. The largest absolute Gasteiger partial charge is 0.522 e. The number of halogens is 3. The molecule has 0 bridgehead atoms. The first-order valence-electron chi connectivity index (χ1n) is 5.55. The van der Waals surface area contributed by atoms with Crippen LogP contribution in [0.5, 0.6) is 0 Å². The van der Waals surface area contributed by atoms with Gasteiger partial charge in [-0.25, -0.2) is 0 Å². The van der Waals surface area contributed by atoms with Gasteiger partial charge < -0.3 is 5.32 Å². The monoisotopic (exact) mass is 245 g/mol. The first-order valence-corrected chi connectivity index (χ1v) is 5.55. The smallest absolute Gasteiger partial charge is 0.311 e. The Morgan fingerprint density at radius 1 is 1.18 bits per heavy atom. The Morgan fingerprint density at radius 2 is 1.76 bits per heavy atom. The van der Waals surface area contributed by atoms with E-state index in [9.17, 15) is 13.2 Å². The number of fused-ring (bicyclic) bond motifs is 1. The van der Waals surface area contributed by atoms with E-state index in [-0.39, 0.29) is 19.2 Å². The van der Waals surface area contributed by atoms with Crippen LogP contribution in [0.15, 0.2) is 24.3 Å². The van der Waals surface area contributed by atoms with Gasteiger partial charge in [0, 0.05) is 12.6 Å². The Bertz CT molecular complexity index is 353. The van der Waals surface area contributed by atoms with Crippen LogP contribution in [0.4, 0.5) is 13.2 Å². The van der Waals surface area contributed by atoms with Crippen LogP contribution in [-0.2, 0) is 17.6 Å². The number of rotatable bonds is 4. The summed E-state index contributed by atoms with van der Waals surface area (Å²) in [6.45, 7) is -0.117. The molecular formula is C12H14F3NO. The predicted octanol–water partition coefficient (Wildman–Crippen LogP) is 2.28. The normalized spacial score (nSPS) is 16.2. The lowest BCUT2D eigenvalue weighted by Gasteiger charge is -2.12. The second kappa shape index (κ2) is 5.06. The quantitative estimate of drug-likeness (QED) is 0.822. The molecule has 1 aliphatic carbocycles. The SMILES string of the molecule is FC(F)(F)OCCNC1Cc2ccccc2C1. The van der Waals surface area contributed by atoms with Crippen LogP contribution in [0.25, 0.3) is 0 Å². The minimum Gasteiger partial charge on any atom is -0.311 e. The van der Waals surface area contributed by atoms with E-state index in [0.717, 1.165) is 12.8 Å². The van der Waals surface area contributed by atoms with Gasteiger partial charge in [0.05, 0.1) is 6.61 Å². The van der Waals surface area contributed by atoms with Crippen molar-refractivity contribution in [2.75, 3.05) is 13.2 Å². The molecule has 1 aliphatic rings. The molecule has 2 nitrogen and oxygen atoms in total. The summed E-state index contributed by atoms with van der Waals surface area (Å²) in [7, 11) is 0. The molecule has 1 aromatic rings. The zero-order chi connectivity index (χ0) is 12.3. The zero-order valence-electron chi connectivity index (χ0n) is 9.26. The van der Waals surface area contributed by atoms with Crippen LogP contribution in [-0.4, -0.2) is 25.6 Å². The van der Waals surface area contributed by atoms with Crippen LogP contribution >= 0.6 is 0 Å². The Morgan fingerprint density at radius 3 is 2.29 bits per heavy atom. The fraction of sp³-hybridized carbons (Fsp3) is 0.500. The first-order chi connectivity index (χ1) is 8.04. The number of hydrogen-bond donors (Lipinski definition) is 1. The fourth-order valence-electron chi connectivity index (χ4n) is 2.13. The van der Waals surface area contributed by atoms with Crippen molar-refractivity contribution in [1.82, 2.24) is 5.32 Å². The average molecular weight is 245 g/mol. The second-order valence-electron chi connectivity index (χ2n) is 4.12. The van der Waals surface area contributed by atoms with Gasteiger partial charge in [-0.3, -0.25) is 4.74 Å². The molecular weight excluding hydrogens is 231 g/mol. The van der Waals surface area contributed by atoms with Gasteiger partial charge in [-0.1, -0.05) is 24.3 Å². The highest BCUT2D eigenvalue weighted by atomic mass is 19.4. The van der Waals surface area contributed by atoms with Crippen LogP contribution in [0.1, 0.15) is 11.1 Å². The third kappa shape index (κ3) is 3.71. The zero-order valence-corrected chi connectivity index (χ0v) is 9.26. The Balaban J connectivity index is 1.70. The molecule has 1 aromatic carbocycles. The summed E-state index contributed by atoms with van der Waals surface area (Å²) in [6, 6.07) is 8.30. The van der Waals surface area contributed by atoms with Crippen molar-refractivity contribution in [2.45, 2.75) is 25.2 Å². The molecule has 94 valence electrons. The van der Waals surface area contributed by atoms with Crippen molar-refractivity contribution in [3.05, 3.63) is 35.4 Å². The van der Waals surface area contributed by atoms with Gasteiger partial charge in [-0.2, -0.15) is 0 Å². The molecule has 0 aromatic heterocycles. The highest BCUT2D eigenvalue weighted by Crippen LogP contribution is 2.21. The molecule has 5 heteroatoms. The Labute approximate surface area is 97.8 Å². The van der Waals surface area contributed by atoms with Gasteiger partial charge in [-0.15, -0.1) is 13.2 Å². The number of hydrogen-bond acceptors (Lipinski definition) is 2. The van der Waals surface area contributed by atoms with E-state index in [1.807, 2.05) is 12.1 Å². The third-order valence-electron chi connectivity index (χ3n) is 2.85. The predicted molar refractivity (Wildman–Crippen MR) is 57.6 cm³/mol. The van der Waals surface area contributed by atoms with Crippen LogP contribution < -0.4 is 5.32 Å². The maximum Gasteiger partial charge on any atom is 0.522 e. The summed E-state index contributed by atoms with van der Waals surface area (Å²) in [4.78, 5) is 0. The van der Waals surface area contributed by atoms with Crippen molar-refractivity contribution in [2.24, 2.45) is 0 Å². The lowest BCUT2D eigenvalue weighted by atomic mass is 10.1. The summed E-state index contributed by atoms with van der Waals surface area (Å²) in [5.74, 6) is 0. The van der Waals surface area contributed by atoms with Crippen molar-refractivity contribution < 1.29 is 17.9 Å². The van der Waals surface area contributed by atoms with Crippen molar-refractivity contribution >= 4 is 0 Å². The molecule has 0 atom stereocenters. The fourth-order valence-corrected chi connectivity index (χ4v) is 2.13. The second-order valence-corrected chi connectivity index (χ2v) is 4.12. The number of ether oxygens (including phenoxy) is 1. The molecule has 0 amide bonds. The minimum atomic E-state index is -4.53. The molecule has 0 saturated carbocycles. The van der Waals surface area contributed by atoms with Gasteiger partial charge in [0.15, 0.2) is 0 Å². The van der Waals surface area contributed by atoms with E-state index < -0.39 is 6.36 Å². The summed E-state index contributed by atoms with van der Waals surface area (Å²) in [6.07, 6.45) is -2.77. The van der Waals surface area contributed by atoms with E-state index in [2.05, 4.69) is 22.2 Å². The van der Waals surface area contributed by atoms with Gasteiger partial charge in [0.2, 0.25) is 0 Å². The van der Waals surface area contributed by atoms with Gasteiger partial charge in [-0.05, 0) is 24.0 Å². The highest BCUT2D eigenvalue weighted by molar-refractivity contribution is 5.33. The highest BCUT2D eigenvalue weighted by Gasteiger charge is 2.28. The van der Waals surface area contributed by atoms with E-state index in [0.29, 0.717) is 0 Å². The van der Waals surface area contributed by atoms with Crippen molar-refractivity contribution in [1.29, 1.82) is 0 Å². The van der Waals surface area contributed by atoms with Gasteiger partial charge >= 0.3 is 6.36 Å². The number of alkyl halides is 3. The van der Waals surface area contributed by atoms with Crippen molar-refractivity contribution in [3.8, 4) is 0 Å². The van der Waals surface area contributed by atoms with E-state index in [1.165, 1.54) is 11.1 Å². The molecule has 0 heterocycles. The average Bonchev–Trinajstić information content (AvgIpc) is 2.65. The maximum atomic E-state index is 11.7. The third-order valence-corrected chi connectivity index (χ3v) is 2.85. The molecule has 1 N–H and O–H groups in total. The summed E-state index contributed by atoms with van der Waals surface area (Å²) in [5, 5.41) is 3.08. The lowest BCUT2D eigenvalue weighted by Crippen LogP contribution is -2.33. The Kier molecular flexibility index (Phi) is 3.69. The molecule has 0 saturated heterocycles. The lowest BCUT2D eigenvalue weighted by molar-refractivity contribution is -0.323. The molecule has 17 heavy (non-hydrogen) atoms.